The lowest BCUT2D eigenvalue weighted by Gasteiger charge is -2.34. The smallest absolute Gasteiger partial charge is 0.260 e. The summed E-state index contributed by atoms with van der Waals surface area (Å²) in [6, 6.07) is 3.24. The van der Waals surface area contributed by atoms with Gasteiger partial charge in [-0.3, -0.25) is 4.79 Å². The van der Waals surface area contributed by atoms with Crippen LogP contribution in [0, 0.1) is 11.6 Å². The summed E-state index contributed by atoms with van der Waals surface area (Å²) in [7, 11) is 1.39. The minimum atomic E-state index is -0.907. The number of hydrogen-bond acceptors (Lipinski definition) is 2. The summed E-state index contributed by atoms with van der Waals surface area (Å²) in [4.78, 5) is 13.0. The van der Waals surface area contributed by atoms with E-state index in [9.17, 15) is 13.6 Å². The van der Waals surface area contributed by atoms with Crippen molar-refractivity contribution in [1.29, 1.82) is 0 Å². The summed E-state index contributed by atoms with van der Waals surface area (Å²) in [5.41, 5.74) is -1.48. The molecule has 0 aromatic heterocycles. The first-order chi connectivity index (χ1) is 7.81. The highest BCUT2D eigenvalue weighted by atomic mass is 19.1. The number of rotatable bonds is 3. The van der Waals surface area contributed by atoms with Crippen LogP contribution in [0.3, 0.4) is 0 Å². The van der Waals surface area contributed by atoms with E-state index in [1.165, 1.54) is 13.1 Å². The minimum Gasteiger partial charge on any atom is -0.394 e. The maximum absolute atomic E-state index is 13.4. The van der Waals surface area contributed by atoms with Gasteiger partial charge in [0, 0.05) is 7.05 Å². The summed E-state index contributed by atoms with van der Waals surface area (Å²) >= 11 is 0. The molecule has 0 bridgehead atoms. The van der Waals surface area contributed by atoms with Gasteiger partial charge in [0.25, 0.3) is 5.91 Å². The third-order valence-corrected chi connectivity index (χ3v) is 2.78. The molecule has 94 valence electrons. The number of aliphatic hydroxyl groups excluding tert-OH is 1. The van der Waals surface area contributed by atoms with Gasteiger partial charge in [-0.1, -0.05) is 6.07 Å². The van der Waals surface area contributed by atoms with Crippen LogP contribution >= 0.6 is 0 Å². The molecule has 0 saturated heterocycles. The Balaban J connectivity index is 3.14. The number of carbonyl (C=O) groups is 1. The van der Waals surface area contributed by atoms with Gasteiger partial charge in [-0.2, -0.15) is 0 Å². The van der Waals surface area contributed by atoms with Crippen LogP contribution in [0.25, 0.3) is 0 Å². The molecule has 17 heavy (non-hydrogen) atoms. The predicted molar refractivity (Wildman–Crippen MR) is 59.6 cm³/mol. The number of amides is 1. The number of aliphatic hydroxyl groups is 1. The number of nitrogens with zero attached hydrogens (tertiary/aromatic N) is 1. The third kappa shape index (κ3) is 2.61. The third-order valence-electron chi connectivity index (χ3n) is 2.78. The Morgan fingerprint density at radius 3 is 2.24 bits per heavy atom. The first-order valence-electron chi connectivity index (χ1n) is 5.14. The van der Waals surface area contributed by atoms with E-state index in [-0.39, 0.29) is 6.61 Å². The number of benzene rings is 1. The first-order valence-corrected chi connectivity index (χ1v) is 5.14. The van der Waals surface area contributed by atoms with Gasteiger partial charge in [-0.25, -0.2) is 8.78 Å². The molecule has 0 aliphatic rings. The normalized spacial score (nSPS) is 11.4. The van der Waals surface area contributed by atoms with Crippen molar-refractivity contribution in [2.24, 2.45) is 0 Å². The van der Waals surface area contributed by atoms with Crippen molar-refractivity contribution in [2.45, 2.75) is 19.4 Å². The SMILES string of the molecule is CN(C(=O)c1c(F)cccc1F)C(C)(C)CO. The zero-order chi connectivity index (χ0) is 13.2. The van der Waals surface area contributed by atoms with Crippen molar-refractivity contribution in [3.8, 4) is 0 Å². The van der Waals surface area contributed by atoms with Crippen LogP contribution in [0.5, 0.6) is 0 Å². The molecule has 0 aliphatic carbocycles. The van der Waals surface area contributed by atoms with Gasteiger partial charge in [0.05, 0.1) is 12.1 Å². The lowest BCUT2D eigenvalue weighted by molar-refractivity contribution is 0.0464. The molecule has 1 N–H and O–H groups in total. The zero-order valence-electron chi connectivity index (χ0n) is 10.00. The van der Waals surface area contributed by atoms with Crippen LogP contribution in [0.2, 0.25) is 0 Å². The molecule has 3 nitrogen and oxygen atoms in total. The molecule has 0 radical (unpaired) electrons. The maximum atomic E-state index is 13.4. The van der Waals surface area contributed by atoms with E-state index in [1.807, 2.05) is 0 Å². The molecule has 1 aromatic carbocycles. The predicted octanol–water partition coefficient (Wildman–Crippen LogP) is 1.81. The zero-order valence-corrected chi connectivity index (χ0v) is 10.00. The quantitative estimate of drug-likeness (QED) is 0.879. The van der Waals surface area contributed by atoms with E-state index in [0.717, 1.165) is 17.0 Å². The largest absolute Gasteiger partial charge is 0.394 e. The molecule has 0 spiro atoms. The summed E-state index contributed by atoms with van der Waals surface area (Å²) in [5, 5.41) is 9.12. The van der Waals surface area contributed by atoms with Crippen LogP contribution < -0.4 is 0 Å². The lowest BCUT2D eigenvalue weighted by Crippen LogP contribution is -2.48. The maximum Gasteiger partial charge on any atom is 0.260 e. The van der Waals surface area contributed by atoms with Crippen LogP contribution in [0.15, 0.2) is 18.2 Å². The average Bonchev–Trinajstić information content (AvgIpc) is 2.27. The Labute approximate surface area is 98.7 Å². The molecule has 1 amide bonds. The van der Waals surface area contributed by atoms with E-state index in [1.54, 1.807) is 13.8 Å². The second-order valence-corrected chi connectivity index (χ2v) is 4.43. The van der Waals surface area contributed by atoms with E-state index in [0.29, 0.717) is 0 Å². The average molecular weight is 243 g/mol. The fraction of sp³-hybridized carbons (Fsp3) is 0.417. The summed E-state index contributed by atoms with van der Waals surface area (Å²) in [6.45, 7) is 2.90. The van der Waals surface area contributed by atoms with Crippen LogP contribution in [-0.2, 0) is 0 Å². The van der Waals surface area contributed by atoms with E-state index in [2.05, 4.69) is 0 Å². The van der Waals surface area contributed by atoms with Gasteiger partial charge in [0.15, 0.2) is 0 Å². The Morgan fingerprint density at radius 2 is 1.82 bits per heavy atom. The molecule has 0 atom stereocenters. The summed E-state index contributed by atoms with van der Waals surface area (Å²) in [6.07, 6.45) is 0. The Hall–Kier alpha value is -1.49. The molecule has 5 heteroatoms. The monoisotopic (exact) mass is 243 g/mol. The highest BCUT2D eigenvalue weighted by Gasteiger charge is 2.30. The Bertz CT molecular complexity index is 412. The Kier molecular flexibility index (Phi) is 3.83. The molecule has 0 aliphatic heterocycles. The minimum absolute atomic E-state index is 0.300. The van der Waals surface area contributed by atoms with Crippen molar-refractivity contribution in [3.05, 3.63) is 35.4 Å². The molecular formula is C12H15F2NO2. The van der Waals surface area contributed by atoms with Gasteiger partial charge in [0.1, 0.15) is 17.2 Å². The fourth-order valence-electron chi connectivity index (χ4n) is 1.25. The summed E-state index contributed by atoms with van der Waals surface area (Å²) in [5.74, 6) is -2.61. The fourth-order valence-corrected chi connectivity index (χ4v) is 1.25. The second kappa shape index (κ2) is 4.79. The molecule has 1 rings (SSSR count). The molecule has 1 aromatic rings. The molecule has 0 unspecified atom stereocenters. The van der Waals surface area contributed by atoms with E-state index < -0.39 is 28.6 Å². The number of halogens is 2. The topological polar surface area (TPSA) is 40.5 Å². The first kappa shape index (κ1) is 13.6. The lowest BCUT2D eigenvalue weighted by atomic mass is 10.0. The highest BCUT2D eigenvalue weighted by Crippen LogP contribution is 2.19. The van der Waals surface area contributed by atoms with Crippen molar-refractivity contribution in [3.63, 3.8) is 0 Å². The highest BCUT2D eigenvalue weighted by molar-refractivity contribution is 5.95. The number of hydrogen-bond donors (Lipinski definition) is 1. The van der Waals surface area contributed by atoms with Crippen LogP contribution in [-0.4, -0.2) is 35.1 Å². The summed E-state index contributed by atoms with van der Waals surface area (Å²) < 4.78 is 26.8. The Morgan fingerprint density at radius 1 is 1.35 bits per heavy atom. The number of carbonyl (C=O) groups excluding carboxylic acids is 1. The molecule has 0 heterocycles. The van der Waals surface area contributed by atoms with Gasteiger partial charge in [-0.05, 0) is 26.0 Å². The van der Waals surface area contributed by atoms with Crippen LogP contribution in [0.4, 0.5) is 8.78 Å². The van der Waals surface area contributed by atoms with Gasteiger partial charge in [-0.15, -0.1) is 0 Å². The van der Waals surface area contributed by atoms with Gasteiger partial charge < -0.3 is 10.0 Å². The van der Waals surface area contributed by atoms with Crippen molar-refractivity contribution < 1.29 is 18.7 Å². The second-order valence-electron chi connectivity index (χ2n) is 4.43. The molecule has 0 fully saturated rings. The van der Waals surface area contributed by atoms with Crippen molar-refractivity contribution in [1.82, 2.24) is 4.90 Å². The molecular weight excluding hydrogens is 228 g/mol. The number of likely N-dealkylation sites (N-methyl/N-ethyl adjacent to an activating group) is 1. The van der Waals surface area contributed by atoms with E-state index >= 15 is 0 Å². The van der Waals surface area contributed by atoms with Gasteiger partial charge in [0.2, 0.25) is 0 Å². The standard InChI is InChI=1S/C12H15F2NO2/c1-12(2,7-16)15(3)11(17)10-8(13)5-4-6-9(10)14/h4-6,16H,7H2,1-3H3. The van der Waals surface area contributed by atoms with Crippen molar-refractivity contribution >= 4 is 5.91 Å². The van der Waals surface area contributed by atoms with Crippen LogP contribution in [0.1, 0.15) is 24.2 Å². The van der Waals surface area contributed by atoms with Gasteiger partial charge >= 0.3 is 0 Å². The molecule has 0 saturated carbocycles. The van der Waals surface area contributed by atoms with Crippen molar-refractivity contribution in [2.75, 3.05) is 13.7 Å². The van der Waals surface area contributed by atoms with E-state index in [4.69, 9.17) is 5.11 Å².